The van der Waals surface area contributed by atoms with Gasteiger partial charge in [0, 0.05) is 17.8 Å². The van der Waals surface area contributed by atoms with Crippen molar-refractivity contribution in [2.75, 3.05) is 0 Å². The minimum absolute atomic E-state index is 0.0238. The number of aryl methyl sites for hydroxylation is 3. The Morgan fingerprint density at radius 2 is 1.84 bits per heavy atom. The number of Topliss-reactive ketones (excluding diaryl/α,β-unsaturated/α-hetero) is 1. The van der Waals surface area contributed by atoms with E-state index in [2.05, 4.69) is 4.98 Å². The maximum atomic E-state index is 12.3. The molecule has 0 spiro atoms. The molecule has 0 bridgehead atoms. The summed E-state index contributed by atoms with van der Waals surface area (Å²) in [6.07, 6.45) is 2.81. The fourth-order valence-electron chi connectivity index (χ4n) is 2.00. The van der Waals surface area contributed by atoms with Crippen LogP contribution in [0, 0.1) is 20.8 Å². The Labute approximate surface area is 111 Å². The number of carbonyl (C=O) groups is 1. The lowest BCUT2D eigenvalue weighted by atomic mass is 9.98. The van der Waals surface area contributed by atoms with Gasteiger partial charge in [0.1, 0.15) is 0 Å². The van der Waals surface area contributed by atoms with Crippen LogP contribution in [0.15, 0.2) is 35.5 Å². The van der Waals surface area contributed by atoms with Gasteiger partial charge in [0.25, 0.3) is 5.56 Å². The van der Waals surface area contributed by atoms with Crippen LogP contribution in [-0.4, -0.2) is 15.3 Å². The summed E-state index contributed by atoms with van der Waals surface area (Å²) in [4.78, 5) is 27.7. The van der Waals surface area contributed by atoms with Crippen LogP contribution < -0.4 is 5.56 Å². The molecule has 0 atom stereocenters. The third-order valence-electron chi connectivity index (χ3n) is 3.25. The molecule has 0 fully saturated rings. The summed E-state index contributed by atoms with van der Waals surface area (Å²) in [5.41, 5.74) is 3.62. The molecule has 1 aromatic carbocycles. The Hall–Kier alpha value is -2.23. The minimum atomic E-state index is -0.218. The largest absolute Gasteiger partial charge is 0.292 e. The SMILES string of the molecule is Cc1cc(C)c(C(=O)Cn2cnccc2=O)cc1C. The molecule has 0 aliphatic rings. The summed E-state index contributed by atoms with van der Waals surface area (Å²) >= 11 is 0. The average molecular weight is 256 g/mol. The van der Waals surface area contributed by atoms with E-state index in [1.54, 1.807) is 0 Å². The highest BCUT2D eigenvalue weighted by molar-refractivity contribution is 5.97. The first-order valence-corrected chi connectivity index (χ1v) is 6.10. The molecule has 4 nitrogen and oxygen atoms in total. The van der Waals surface area contributed by atoms with Crippen molar-refractivity contribution in [2.24, 2.45) is 0 Å². The molecule has 0 saturated heterocycles. The van der Waals surface area contributed by atoms with E-state index in [9.17, 15) is 9.59 Å². The maximum absolute atomic E-state index is 12.3. The number of rotatable bonds is 3. The normalized spacial score (nSPS) is 10.5. The van der Waals surface area contributed by atoms with Gasteiger partial charge in [0.15, 0.2) is 5.78 Å². The predicted molar refractivity (Wildman–Crippen MR) is 73.5 cm³/mol. The van der Waals surface area contributed by atoms with E-state index in [1.807, 2.05) is 32.9 Å². The van der Waals surface area contributed by atoms with Crippen molar-refractivity contribution in [1.82, 2.24) is 9.55 Å². The van der Waals surface area contributed by atoms with Crippen molar-refractivity contribution >= 4 is 5.78 Å². The monoisotopic (exact) mass is 256 g/mol. The van der Waals surface area contributed by atoms with Crippen LogP contribution in [0.3, 0.4) is 0 Å². The van der Waals surface area contributed by atoms with Crippen LogP contribution >= 0.6 is 0 Å². The van der Waals surface area contributed by atoms with Gasteiger partial charge in [0.2, 0.25) is 0 Å². The number of nitrogens with zero attached hydrogens (tertiary/aromatic N) is 2. The second kappa shape index (κ2) is 5.18. The van der Waals surface area contributed by atoms with Gasteiger partial charge in [0.05, 0.1) is 12.9 Å². The van der Waals surface area contributed by atoms with Crippen molar-refractivity contribution in [1.29, 1.82) is 0 Å². The van der Waals surface area contributed by atoms with Crippen LogP contribution in [0.25, 0.3) is 0 Å². The first kappa shape index (κ1) is 13.2. The van der Waals surface area contributed by atoms with Gasteiger partial charge in [-0.05, 0) is 43.5 Å². The Morgan fingerprint density at radius 3 is 2.53 bits per heavy atom. The van der Waals surface area contributed by atoms with Crippen LogP contribution in [0.2, 0.25) is 0 Å². The predicted octanol–water partition coefficient (Wildman–Crippen LogP) is 2.05. The number of hydrogen-bond acceptors (Lipinski definition) is 3. The highest BCUT2D eigenvalue weighted by Crippen LogP contribution is 2.16. The summed E-state index contributed by atoms with van der Waals surface area (Å²) in [7, 11) is 0. The first-order valence-electron chi connectivity index (χ1n) is 6.10. The summed E-state index contributed by atoms with van der Waals surface area (Å²) in [6, 6.07) is 5.23. The summed E-state index contributed by atoms with van der Waals surface area (Å²) in [6.45, 7) is 5.92. The number of aromatic nitrogens is 2. The Bertz CT molecular complexity index is 687. The molecule has 1 aromatic heterocycles. The summed E-state index contributed by atoms with van der Waals surface area (Å²) in [5.74, 6) is -0.0734. The van der Waals surface area contributed by atoms with Crippen LogP contribution in [0.5, 0.6) is 0 Å². The molecule has 0 radical (unpaired) electrons. The Kier molecular flexibility index (Phi) is 3.60. The lowest BCUT2D eigenvalue weighted by Crippen LogP contribution is -2.23. The van der Waals surface area contributed by atoms with Crippen LogP contribution in [-0.2, 0) is 6.54 Å². The van der Waals surface area contributed by atoms with Crippen LogP contribution in [0.4, 0.5) is 0 Å². The van der Waals surface area contributed by atoms with Gasteiger partial charge in [-0.15, -0.1) is 0 Å². The average Bonchev–Trinajstić information content (AvgIpc) is 2.36. The zero-order valence-electron chi connectivity index (χ0n) is 11.3. The second-order valence-corrected chi connectivity index (χ2v) is 4.72. The topological polar surface area (TPSA) is 52.0 Å². The van der Waals surface area contributed by atoms with Crippen LogP contribution in [0.1, 0.15) is 27.0 Å². The number of hydrogen-bond donors (Lipinski definition) is 0. The molecular weight excluding hydrogens is 240 g/mol. The molecular formula is C15H16N2O2. The van der Waals surface area contributed by atoms with E-state index in [4.69, 9.17) is 0 Å². The Morgan fingerprint density at radius 1 is 1.16 bits per heavy atom. The van der Waals surface area contributed by atoms with Crippen molar-refractivity contribution in [3.8, 4) is 0 Å². The fourth-order valence-corrected chi connectivity index (χ4v) is 2.00. The molecule has 0 amide bonds. The summed E-state index contributed by atoms with van der Waals surface area (Å²) < 4.78 is 1.32. The minimum Gasteiger partial charge on any atom is -0.292 e. The number of ketones is 1. The number of benzene rings is 1. The van der Waals surface area contributed by atoms with Gasteiger partial charge in [-0.2, -0.15) is 0 Å². The smallest absolute Gasteiger partial charge is 0.253 e. The molecule has 98 valence electrons. The van der Waals surface area contributed by atoms with Gasteiger partial charge in [-0.25, -0.2) is 4.98 Å². The first-order chi connectivity index (χ1) is 8.99. The molecule has 0 aliphatic carbocycles. The van der Waals surface area contributed by atoms with E-state index < -0.39 is 0 Å². The van der Waals surface area contributed by atoms with Gasteiger partial charge < -0.3 is 0 Å². The lowest BCUT2D eigenvalue weighted by Gasteiger charge is -2.09. The standard InChI is InChI=1S/C15H16N2O2/c1-10-6-12(3)13(7-11(10)2)14(18)8-17-9-16-5-4-15(17)19/h4-7,9H,8H2,1-3H3. The van der Waals surface area contributed by atoms with E-state index in [0.29, 0.717) is 5.56 Å². The maximum Gasteiger partial charge on any atom is 0.253 e. The van der Waals surface area contributed by atoms with Crippen molar-refractivity contribution in [3.63, 3.8) is 0 Å². The van der Waals surface area contributed by atoms with Crippen molar-refractivity contribution < 1.29 is 4.79 Å². The van der Waals surface area contributed by atoms with E-state index in [0.717, 1.165) is 16.7 Å². The molecule has 0 unspecified atom stereocenters. The molecule has 1 heterocycles. The molecule has 0 saturated carbocycles. The van der Waals surface area contributed by atoms with E-state index >= 15 is 0 Å². The van der Waals surface area contributed by atoms with Gasteiger partial charge >= 0.3 is 0 Å². The molecule has 0 N–H and O–H groups in total. The molecule has 0 aliphatic heterocycles. The Balaban J connectivity index is 2.33. The quantitative estimate of drug-likeness (QED) is 0.790. The van der Waals surface area contributed by atoms with Crippen molar-refractivity contribution in [2.45, 2.75) is 27.3 Å². The molecule has 19 heavy (non-hydrogen) atoms. The molecule has 2 aromatic rings. The molecule has 4 heteroatoms. The van der Waals surface area contributed by atoms with Gasteiger partial charge in [-0.1, -0.05) is 6.07 Å². The van der Waals surface area contributed by atoms with Gasteiger partial charge in [-0.3, -0.25) is 14.2 Å². The summed E-state index contributed by atoms with van der Waals surface area (Å²) in [5, 5.41) is 0. The zero-order valence-corrected chi connectivity index (χ0v) is 11.3. The highest BCUT2D eigenvalue weighted by atomic mass is 16.1. The van der Waals surface area contributed by atoms with Crippen molar-refractivity contribution in [3.05, 3.63) is 63.3 Å². The fraction of sp³-hybridized carbons (Fsp3) is 0.267. The number of carbonyl (C=O) groups excluding carboxylic acids is 1. The highest BCUT2D eigenvalue weighted by Gasteiger charge is 2.12. The third kappa shape index (κ3) is 2.78. The molecule has 2 rings (SSSR count). The van der Waals surface area contributed by atoms with E-state index in [-0.39, 0.29) is 17.9 Å². The lowest BCUT2D eigenvalue weighted by molar-refractivity contribution is 0.0969. The van der Waals surface area contributed by atoms with E-state index in [1.165, 1.54) is 23.2 Å². The third-order valence-corrected chi connectivity index (χ3v) is 3.25. The second-order valence-electron chi connectivity index (χ2n) is 4.72. The zero-order chi connectivity index (χ0) is 14.0.